The number of rotatable bonds is 4. The lowest BCUT2D eigenvalue weighted by Gasteiger charge is -2.24. The molecule has 1 unspecified atom stereocenters. The first-order valence-electron chi connectivity index (χ1n) is 6.43. The van der Waals surface area contributed by atoms with Gasteiger partial charge in [-0.1, -0.05) is 37.2 Å². The molecule has 1 aromatic carbocycles. The maximum atomic E-state index is 12.3. The van der Waals surface area contributed by atoms with Gasteiger partial charge in [0.05, 0.1) is 5.92 Å². The minimum atomic E-state index is -0.574. The minimum Gasteiger partial charge on any atom is -0.409 e. The second-order valence-corrected chi connectivity index (χ2v) is 6.55. The van der Waals surface area contributed by atoms with E-state index >= 15 is 0 Å². The van der Waals surface area contributed by atoms with Gasteiger partial charge < -0.3 is 16.3 Å². The van der Waals surface area contributed by atoms with Crippen LogP contribution in [0.25, 0.3) is 0 Å². The smallest absolute Gasteiger partial charge is 0.228 e. The molecule has 6 heteroatoms. The van der Waals surface area contributed by atoms with Crippen molar-refractivity contribution in [3.05, 3.63) is 29.8 Å². The zero-order valence-corrected chi connectivity index (χ0v) is 12.4. The molecule has 1 atom stereocenters. The van der Waals surface area contributed by atoms with E-state index in [-0.39, 0.29) is 17.7 Å². The lowest BCUT2D eigenvalue weighted by molar-refractivity contribution is -0.122. The standard InChI is InChI=1S/C14H19N3O2S/c1-14(2,13(15)17-19)8-16-12(18)10-7-20-11-6-4-3-5-9(10)11/h3-6,10,19H,7-8H2,1-2H3,(H2,15,17)(H,16,18). The molecule has 1 heterocycles. The zero-order valence-electron chi connectivity index (χ0n) is 11.6. The van der Waals surface area contributed by atoms with Crippen molar-refractivity contribution in [1.82, 2.24) is 5.32 Å². The van der Waals surface area contributed by atoms with Crippen molar-refractivity contribution >= 4 is 23.5 Å². The second-order valence-electron chi connectivity index (χ2n) is 5.49. The molecule has 2 rings (SSSR count). The Bertz CT molecular complexity index is 543. The second kappa shape index (κ2) is 5.75. The van der Waals surface area contributed by atoms with Crippen molar-refractivity contribution in [3.8, 4) is 0 Å². The fraction of sp³-hybridized carbons (Fsp3) is 0.429. The molecule has 1 amide bonds. The van der Waals surface area contributed by atoms with Gasteiger partial charge in [-0.3, -0.25) is 4.79 Å². The average Bonchev–Trinajstić information content (AvgIpc) is 2.88. The number of carbonyl (C=O) groups excluding carboxylic acids is 1. The summed E-state index contributed by atoms with van der Waals surface area (Å²) >= 11 is 1.70. The molecule has 4 N–H and O–H groups in total. The van der Waals surface area contributed by atoms with Crippen molar-refractivity contribution in [2.75, 3.05) is 12.3 Å². The van der Waals surface area contributed by atoms with Gasteiger partial charge in [0.25, 0.3) is 0 Å². The van der Waals surface area contributed by atoms with Gasteiger partial charge in [-0.05, 0) is 11.6 Å². The van der Waals surface area contributed by atoms with E-state index in [0.717, 1.165) is 11.3 Å². The average molecular weight is 293 g/mol. The largest absolute Gasteiger partial charge is 0.409 e. The number of oxime groups is 1. The molecule has 0 radical (unpaired) electrons. The normalized spacial score (nSPS) is 18.7. The first-order chi connectivity index (χ1) is 9.45. The van der Waals surface area contributed by atoms with Crippen LogP contribution in [-0.2, 0) is 4.79 Å². The number of amides is 1. The summed E-state index contributed by atoms with van der Waals surface area (Å²) < 4.78 is 0. The van der Waals surface area contributed by atoms with E-state index in [2.05, 4.69) is 10.5 Å². The molecule has 0 saturated carbocycles. The van der Waals surface area contributed by atoms with Crippen LogP contribution in [0, 0.1) is 5.41 Å². The molecule has 5 nitrogen and oxygen atoms in total. The highest BCUT2D eigenvalue weighted by Crippen LogP contribution is 2.39. The van der Waals surface area contributed by atoms with E-state index in [1.165, 1.54) is 4.90 Å². The highest BCUT2D eigenvalue weighted by atomic mass is 32.2. The minimum absolute atomic E-state index is 0.0127. The Labute approximate surface area is 122 Å². The van der Waals surface area contributed by atoms with E-state index in [1.807, 2.05) is 38.1 Å². The van der Waals surface area contributed by atoms with Crippen LogP contribution in [0.15, 0.2) is 34.3 Å². The van der Waals surface area contributed by atoms with Crippen molar-refractivity contribution in [2.24, 2.45) is 16.3 Å². The number of nitrogens with zero attached hydrogens (tertiary/aromatic N) is 1. The molecule has 0 aliphatic carbocycles. The van der Waals surface area contributed by atoms with E-state index in [4.69, 9.17) is 10.9 Å². The summed E-state index contributed by atoms with van der Waals surface area (Å²) in [6.45, 7) is 3.98. The summed E-state index contributed by atoms with van der Waals surface area (Å²) in [5.74, 6) is 0.731. The SMILES string of the molecule is CC(C)(CNC(=O)C1CSc2ccccc21)/C(N)=N/O. The van der Waals surface area contributed by atoms with Crippen LogP contribution in [0.1, 0.15) is 25.3 Å². The summed E-state index contributed by atoms with van der Waals surface area (Å²) in [4.78, 5) is 13.5. The number of hydrogen-bond donors (Lipinski definition) is 3. The number of hydrogen-bond acceptors (Lipinski definition) is 4. The van der Waals surface area contributed by atoms with Crippen LogP contribution in [-0.4, -0.2) is 29.2 Å². The third-order valence-corrected chi connectivity index (χ3v) is 4.70. The van der Waals surface area contributed by atoms with Gasteiger partial charge in [0.2, 0.25) is 5.91 Å². The monoisotopic (exact) mass is 293 g/mol. The molecule has 1 aromatic rings. The van der Waals surface area contributed by atoms with Crippen LogP contribution in [0.2, 0.25) is 0 Å². The maximum Gasteiger partial charge on any atom is 0.228 e. The van der Waals surface area contributed by atoms with Crippen molar-refractivity contribution in [1.29, 1.82) is 0 Å². The summed E-state index contributed by atoms with van der Waals surface area (Å²) in [6, 6.07) is 7.96. The molecule has 108 valence electrons. The van der Waals surface area contributed by atoms with Crippen LogP contribution in [0.5, 0.6) is 0 Å². The lowest BCUT2D eigenvalue weighted by atomic mass is 9.91. The van der Waals surface area contributed by atoms with Gasteiger partial charge in [-0.25, -0.2) is 0 Å². The molecule has 0 spiro atoms. The highest BCUT2D eigenvalue weighted by Gasteiger charge is 2.31. The molecule has 0 saturated heterocycles. The number of thioether (sulfide) groups is 1. The van der Waals surface area contributed by atoms with E-state index in [0.29, 0.717) is 6.54 Å². The van der Waals surface area contributed by atoms with Crippen LogP contribution >= 0.6 is 11.8 Å². The number of nitrogens with one attached hydrogen (secondary N) is 1. The van der Waals surface area contributed by atoms with Crippen molar-refractivity contribution in [2.45, 2.75) is 24.7 Å². The van der Waals surface area contributed by atoms with Gasteiger partial charge in [0.1, 0.15) is 5.84 Å². The third kappa shape index (κ3) is 2.90. The molecular weight excluding hydrogens is 274 g/mol. The Morgan fingerprint density at radius 1 is 1.55 bits per heavy atom. The predicted molar refractivity (Wildman–Crippen MR) is 80.1 cm³/mol. The predicted octanol–water partition coefficient (Wildman–Crippen LogP) is 1.76. The molecule has 1 aliphatic heterocycles. The molecular formula is C14H19N3O2S. The third-order valence-electron chi connectivity index (χ3n) is 3.52. The van der Waals surface area contributed by atoms with Gasteiger partial charge in [-0.2, -0.15) is 0 Å². The lowest BCUT2D eigenvalue weighted by Crippen LogP contribution is -2.43. The molecule has 0 aromatic heterocycles. The van der Waals surface area contributed by atoms with Gasteiger partial charge in [0.15, 0.2) is 0 Å². The van der Waals surface area contributed by atoms with Crippen LogP contribution in [0.4, 0.5) is 0 Å². The number of amidine groups is 1. The van der Waals surface area contributed by atoms with Gasteiger partial charge >= 0.3 is 0 Å². The number of benzene rings is 1. The summed E-state index contributed by atoms with van der Waals surface area (Å²) in [7, 11) is 0. The number of nitrogens with two attached hydrogens (primary N) is 1. The fourth-order valence-electron chi connectivity index (χ4n) is 2.04. The van der Waals surface area contributed by atoms with E-state index in [1.54, 1.807) is 11.8 Å². The fourth-order valence-corrected chi connectivity index (χ4v) is 3.27. The molecule has 20 heavy (non-hydrogen) atoms. The number of fused-ring (bicyclic) bond motifs is 1. The molecule has 1 aliphatic rings. The highest BCUT2D eigenvalue weighted by molar-refractivity contribution is 7.99. The first kappa shape index (κ1) is 14.7. The van der Waals surface area contributed by atoms with Crippen LogP contribution in [0.3, 0.4) is 0 Å². The van der Waals surface area contributed by atoms with E-state index in [9.17, 15) is 4.79 Å². The first-order valence-corrected chi connectivity index (χ1v) is 7.41. The topological polar surface area (TPSA) is 87.7 Å². The van der Waals surface area contributed by atoms with Crippen LogP contribution < -0.4 is 11.1 Å². The maximum absolute atomic E-state index is 12.3. The Morgan fingerprint density at radius 2 is 2.25 bits per heavy atom. The number of carbonyl (C=O) groups is 1. The van der Waals surface area contributed by atoms with Gasteiger partial charge in [-0.15, -0.1) is 11.8 Å². The quantitative estimate of drug-likeness (QED) is 0.342. The summed E-state index contributed by atoms with van der Waals surface area (Å²) in [5.41, 5.74) is 6.12. The van der Waals surface area contributed by atoms with Crippen molar-refractivity contribution in [3.63, 3.8) is 0 Å². The Kier molecular flexibility index (Phi) is 4.23. The Morgan fingerprint density at radius 3 is 2.95 bits per heavy atom. The molecule has 0 bridgehead atoms. The Balaban J connectivity index is 2.01. The van der Waals surface area contributed by atoms with E-state index < -0.39 is 5.41 Å². The zero-order chi connectivity index (χ0) is 14.8. The summed E-state index contributed by atoms with van der Waals surface area (Å²) in [5, 5.41) is 14.6. The molecule has 0 fully saturated rings. The van der Waals surface area contributed by atoms with Crippen molar-refractivity contribution < 1.29 is 10.0 Å². The Hall–Kier alpha value is -1.69. The summed E-state index contributed by atoms with van der Waals surface area (Å²) in [6.07, 6.45) is 0. The van der Waals surface area contributed by atoms with Gasteiger partial charge in [0, 0.05) is 22.6 Å².